The minimum atomic E-state index is -0.229. The molecule has 29 heavy (non-hydrogen) atoms. The molecule has 0 heterocycles. The molecule has 0 saturated heterocycles. The lowest BCUT2D eigenvalue weighted by atomic mass is 10.2. The number of hydrogen-bond donors (Lipinski definition) is 4. The van der Waals surface area contributed by atoms with Crippen molar-refractivity contribution in [1.82, 2.24) is 5.32 Å². The van der Waals surface area contributed by atoms with Gasteiger partial charge in [-0.05, 0) is 49.4 Å². The maximum atomic E-state index is 12.4. The zero-order valence-corrected chi connectivity index (χ0v) is 16.9. The summed E-state index contributed by atoms with van der Waals surface area (Å²) >= 11 is 0. The van der Waals surface area contributed by atoms with Crippen LogP contribution in [0.1, 0.15) is 17.3 Å². The van der Waals surface area contributed by atoms with E-state index in [1.807, 2.05) is 6.92 Å². The molecule has 0 radical (unpaired) electrons. The van der Waals surface area contributed by atoms with E-state index in [9.17, 15) is 14.4 Å². The molecule has 8 heteroatoms. The van der Waals surface area contributed by atoms with Gasteiger partial charge in [0.25, 0.3) is 17.7 Å². The fourth-order valence-electron chi connectivity index (χ4n) is 2.73. The highest BCUT2D eigenvalue weighted by Gasteiger charge is 2.17. The molecule has 0 aliphatic carbocycles. The van der Waals surface area contributed by atoms with Crippen molar-refractivity contribution in [2.45, 2.75) is 6.92 Å². The molecule has 1 unspecified atom stereocenters. The van der Waals surface area contributed by atoms with Crippen molar-refractivity contribution in [3.8, 4) is 5.75 Å². The van der Waals surface area contributed by atoms with Crippen LogP contribution in [0.25, 0.3) is 0 Å². The first-order valence-electron chi connectivity index (χ1n) is 9.34. The van der Waals surface area contributed by atoms with Crippen LogP contribution in [0.3, 0.4) is 0 Å². The smallest absolute Gasteiger partial charge is 0.279 e. The number of carbonyl (C=O) groups excluding carboxylic acids is 3. The summed E-state index contributed by atoms with van der Waals surface area (Å²) < 4.78 is 5.09. The number of hydrogen-bond acceptors (Lipinski definition) is 4. The Labute approximate surface area is 170 Å². The Balaban J connectivity index is 1.88. The molecule has 1 atom stereocenters. The normalized spacial score (nSPS) is 11.3. The number of carbonyl (C=O) groups is 3. The van der Waals surface area contributed by atoms with Gasteiger partial charge in [0.2, 0.25) is 0 Å². The van der Waals surface area contributed by atoms with E-state index in [0.29, 0.717) is 29.2 Å². The van der Waals surface area contributed by atoms with Gasteiger partial charge >= 0.3 is 0 Å². The highest BCUT2D eigenvalue weighted by atomic mass is 16.5. The first kappa shape index (κ1) is 21.9. The topological polar surface area (TPSA) is 101 Å². The average molecular weight is 399 g/mol. The van der Waals surface area contributed by atoms with Crippen LogP contribution in [-0.4, -0.2) is 51.5 Å². The largest absolute Gasteiger partial charge is 0.497 e. The summed E-state index contributed by atoms with van der Waals surface area (Å²) in [6.07, 6.45) is 0. The van der Waals surface area contributed by atoms with E-state index in [2.05, 4.69) is 16.0 Å². The van der Waals surface area contributed by atoms with Crippen molar-refractivity contribution in [2.75, 3.05) is 44.4 Å². The Bertz CT molecular complexity index is 852. The SMILES string of the molecule is CC[NH+](CC(=O)Nc1ccc(OC)cc1)CC(=O)Nc1cccc(C(=O)NC)c1. The van der Waals surface area contributed by atoms with Gasteiger partial charge < -0.3 is 25.6 Å². The van der Waals surface area contributed by atoms with Gasteiger partial charge in [-0.25, -0.2) is 0 Å². The summed E-state index contributed by atoms with van der Waals surface area (Å²) in [6.45, 7) is 2.82. The molecular weight excluding hydrogens is 372 g/mol. The van der Waals surface area contributed by atoms with E-state index in [1.54, 1.807) is 62.7 Å². The Morgan fingerprint density at radius 2 is 1.55 bits per heavy atom. The number of rotatable bonds is 9. The number of quaternary nitrogens is 1. The lowest BCUT2D eigenvalue weighted by molar-refractivity contribution is -0.881. The molecule has 0 saturated carbocycles. The standard InChI is InChI=1S/C21H26N4O4/c1-4-25(13-19(26)23-16-8-10-18(29-3)11-9-16)14-20(27)24-17-7-5-6-15(12-17)21(28)22-2/h5-12H,4,13-14H2,1-3H3,(H,22,28)(H,23,26)(H,24,27)/p+1. The van der Waals surface area contributed by atoms with Crippen LogP contribution in [0, 0.1) is 0 Å². The van der Waals surface area contributed by atoms with Gasteiger partial charge in [-0.1, -0.05) is 6.07 Å². The van der Waals surface area contributed by atoms with E-state index >= 15 is 0 Å². The molecule has 0 aliphatic heterocycles. The number of nitrogens with one attached hydrogen (secondary N) is 4. The monoisotopic (exact) mass is 399 g/mol. The lowest BCUT2D eigenvalue weighted by Crippen LogP contribution is -3.13. The van der Waals surface area contributed by atoms with Gasteiger partial charge in [0.15, 0.2) is 13.1 Å². The van der Waals surface area contributed by atoms with Gasteiger partial charge in [0.1, 0.15) is 5.75 Å². The summed E-state index contributed by atoms with van der Waals surface area (Å²) in [6, 6.07) is 13.7. The van der Waals surface area contributed by atoms with Crippen molar-refractivity contribution in [3.05, 3.63) is 54.1 Å². The first-order chi connectivity index (χ1) is 13.9. The molecule has 0 spiro atoms. The molecule has 3 amide bonds. The quantitative estimate of drug-likeness (QED) is 0.494. The van der Waals surface area contributed by atoms with Crippen LogP contribution < -0.4 is 25.6 Å². The maximum absolute atomic E-state index is 12.4. The van der Waals surface area contributed by atoms with Gasteiger partial charge in [-0.3, -0.25) is 14.4 Å². The molecule has 2 rings (SSSR count). The summed E-state index contributed by atoms with van der Waals surface area (Å²) in [7, 11) is 3.13. The van der Waals surface area contributed by atoms with Crippen LogP contribution in [0.5, 0.6) is 5.75 Å². The third kappa shape index (κ3) is 6.93. The van der Waals surface area contributed by atoms with E-state index in [1.165, 1.54) is 0 Å². The Morgan fingerprint density at radius 1 is 0.931 bits per heavy atom. The fourth-order valence-corrected chi connectivity index (χ4v) is 2.73. The highest BCUT2D eigenvalue weighted by Crippen LogP contribution is 2.14. The van der Waals surface area contributed by atoms with Crippen molar-refractivity contribution in [1.29, 1.82) is 0 Å². The van der Waals surface area contributed by atoms with Crippen LogP contribution in [0.15, 0.2) is 48.5 Å². The molecule has 2 aromatic rings. The van der Waals surface area contributed by atoms with Crippen molar-refractivity contribution >= 4 is 29.1 Å². The second-order valence-corrected chi connectivity index (χ2v) is 6.44. The Kier molecular flexibility index (Phi) is 8.17. The van der Waals surface area contributed by atoms with E-state index in [4.69, 9.17) is 4.74 Å². The third-order valence-corrected chi connectivity index (χ3v) is 4.33. The van der Waals surface area contributed by atoms with E-state index in [0.717, 1.165) is 4.90 Å². The third-order valence-electron chi connectivity index (χ3n) is 4.33. The van der Waals surface area contributed by atoms with E-state index < -0.39 is 0 Å². The summed E-state index contributed by atoms with van der Waals surface area (Å²) in [4.78, 5) is 37.2. The van der Waals surface area contributed by atoms with Gasteiger partial charge in [0.05, 0.1) is 13.7 Å². The summed E-state index contributed by atoms with van der Waals surface area (Å²) in [5.74, 6) is 0.0765. The second-order valence-electron chi connectivity index (χ2n) is 6.44. The zero-order valence-electron chi connectivity index (χ0n) is 16.9. The van der Waals surface area contributed by atoms with Crippen LogP contribution >= 0.6 is 0 Å². The van der Waals surface area contributed by atoms with Crippen LogP contribution in [0.2, 0.25) is 0 Å². The van der Waals surface area contributed by atoms with Crippen molar-refractivity contribution in [3.63, 3.8) is 0 Å². The van der Waals surface area contributed by atoms with Crippen LogP contribution in [0.4, 0.5) is 11.4 Å². The molecule has 0 bridgehead atoms. The maximum Gasteiger partial charge on any atom is 0.279 e. The number of likely N-dealkylation sites (N-methyl/N-ethyl adjacent to an activating group) is 1. The molecule has 4 N–H and O–H groups in total. The molecule has 2 aromatic carbocycles. The Hall–Kier alpha value is -3.39. The second kappa shape index (κ2) is 10.8. The first-order valence-corrected chi connectivity index (χ1v) is 9.34. The molecule has 0 aromatic heterocycles. The number of ether oxygens (including phenoxy) is 1. The highest BCUT2D eigenvalue weighted by molar-refractivity contribution is 5.97. The fraction of sp³-hybridized carbons (Fsp3) is 0.286. The molecule has 154 valence electrons. The lowest BCUT2D eigenvalue weighted by Gasteiger charge is -2.17. The predicted molar refractivity (Wildman–Crippen MR) is 111 cm³/mol. The van der Waals surface area contributed by atoms with Gasteiger partial charge in [0, 0.05) is 24.0 Å². The minimum absolute atomic E-state index is 0.136. The van der Waals surface area contributed by atoms with E-state index in [-0.39, 0.29) is 30.8 Å². The van der Waals surface area contributed by atoms with Crippen LogP contribution in [-0.2, 0) is 9.59 Å². The molecule has 0 aliphatic rings. The van der Waals surface area contributed by atoms with Gasteiger partial charge in [-0.15, -0.1) is 0 Å². The number of anilines is 2. The average Bonchev–Trinajstić information content (AvgIpc) is 2.73. The predicted octanol–water partition coefficient (Wildman–Crippen LogP) is 0.537. The summed E-state index contributed by atoms with van der Waals surface area (Å²) in [5, 5.41) is 8.14. The van der Waals surface area contributed by atoms with Crippen molar-refractivity contribution < 1.29 is 24.0 Å². The van der Waals surface area contributed by atoms with Crippen molar-refractivity contribution in [2.24, 2.45) is 0 Å². The zero-order chi connectivity index (χ0) is 21.2. The minimum Gasteiger partial charge on any atom is -0.497 e. The Morgan fingerprint density at radius 3 is 2.10 bits per heavy atom. The van der Waals surface area contributed by atoms with Gasteiger partial charge in [-0.2, -0.15) is 0 Å². The summed E-state index contributed by atoms with van der Waals surface area (Å²) in [5.41, 5.74) is 1.67. The number of methoxy groups -OCH3 is 1. The molecule has 8 nitrogen and oxygen atoms in total. The molecular formula is C21H27N4O4+. The molecule has 0 fully saturated rings. The number of amides is 3. The number of benzene rings is 2.